The highest BCUT2D eigenvalue weighted by Crippen LogP contribution is 2.21. The first-order valence-corrected chi connectivity index (χ1v) is 15.4. The molecule has 0 saturated heterocycles. The molecule has 0 bridgehead atoms. The van der Waals surface area contributed by atoms with Crippen LogP contribution in [0.1, 0.15) is 94.3 Å². The van der Waals surface area contributed by atoms with Gasteiger partial charge in [-0.25, -0.2) is 0 Å². The van der Waals surface area contributed by atoms with E-state index >= 15 is 0 Å². The highest BCUT2D eigenvalue weighted by molar-refractivity contribution is 7.80. The number of thiocarbonyl (C=S) groups is 1. The number of nitrogens with one attached hydrogen (secondary N) is 4. The zero-order valence-electron chi connectivity index (χ0n) is 24.2. The van der Waals surface area contributed by atoms with Crippen molar-refractivity contribution in [3.05, 3.63) is 84.4 Å². The first kappa shape index (κ1) is 31.8. The van der Waals surface area contributed by atoms with E-state index < -0.39 is 0 Å². The van der Waals surface area contributed by atoms with Gasteiger partial charge in [-0.1, -0.05) is 101 Å². The summed E-state index contributed by atoms with van der Waals surface area (Å²) in [7, 11) is 0. The molecular weight excluding hydrogens is 528 g/mol. The molecule has 0 radical (unpaired) electrons. The van der Waals surface area contributed by atoms with Crippen molar-refractivity contribution in [1.29, 1.82) is 0 Å². The Morgan fingerprint density at radius 2 is 1.15 bits per heavy atom. The summed E-state index contributed by atoms with van der Waals surface area (Å²) in [6, 6.07) is 24.5. The largest absolute Gasteiger partial charge is 0.356 e. The standard InChI is InChI=1S/C34H44N4O2S/c1-2-3-4-5-6-7-8-9-10-11-15-22-32(39)38-34(41)37-31-21-17-16-20-30(31)33(40)36-29-25-23-28(24-26-29)35-27-18-13-12-14-19-27/h12-14,16-21,23-26,35H,2-11,15,22H2,1H3,(H,36,40)(H2,37,38,39,41). The molecule has 0 aliphatic carbocycles. The maximum absolute atomic E-state index is 13.0. The minimum Gasteiger partial charge on any atom is -0.356 e. The fourth-order valence-corrected chi connectivity index (χ4v) is 4.83. The molecule has 41 heavy (non-hydrogen) atoms. The van der Waals surface area contributed by atoms with E-state index in [2.05, 4.69) is 28.2 Å². The fourth-order valence-electron chi connectivity index (χ4n) is 4.61. The third-order valence-electron chi connectivity index (χ3n) is 6.89. The first-order chi connectivity index (χ1) is 20.0. The van der Waals surface area contributed by atoms with Crippen molar-refractivity contribution in [1.82, 2.24) is 5.32 Å². The average molecular weight is 573 g/mol. The summed E-state index contributed by atoms with van der Waals surface area (Å²) >= 11 is 5.36. The van der Waals surface area contributed by atoms with E-state index in [0.29, 0.717) is 23.4 Å². The Balaban J connectivity index is 1.37. The number of unbranched alkanes of at least 4 members (excludes halogenated alkanes) is 10. The van der Waals surface area contributed by atoms with Crippen LogP contribution in [0.5, 0.6) is 0 Å². The second kappa shape index (κ2) is 18.6. The normalized spacial score (nSPS) is 10.6. The van der Waals surface area contributed by atoms with Crippen molar-refractivity contribution < 1.29 is 9.59 Å². The predicted molar refractivity (Wildman–Crippen MR) is 176 cm³/mol. The van der Waals surface area contributed by atoms with Crippen LogP contribution in [0.2, 0.25) is 0 Å². The monoisotopic (exact) mass is 572 g/mol. The van der Waals surface area contributed by atoms with Gasteiger partial charge >= 0.3 is 0 Å². The highest BCUT2D eigenvalue weighted by atomic mass is 32.1. The van der Waals surface area contributed by atoms with Crippen molar-refractivity contribution >= 4 is 51.9 Å². The van der Waals surface area contributed by atoms with Crippen LogP contribution < -0.4 is 21.3 Å². The van der Waals surface area contributed by atoms with Crippen molar-refractivity contribution in [2.45, 2.75) is 84.0 Å². The Morgan fingerprint density at radius 3 is 1.80 bits per heavy atom. The van der Waals surface area contributed by atoms with Gasteiger partial charge in [0.05, 0.1) is 11.3 Å². The predicted octanol–water partition coefficient (Wildman–Crippen LogP) is 9.20. The van der Waals surface area contributed by atoms with E-state index in [0.717, 1.165) is 24.2 Å². The van der Waals surface area contributed by atoms with Gasteiger partial charge in [-0.05, 0) is 67.2 Å². The lowest BCUT2D eigenvalue weighted by molar-refractivity contribution is -0.119. The second-order valence-corrected chi connectivity index (χ2v) is 10.8. The summed E-state index contributed by atoms with van der Waals surface area (Å²) in [5.74, 6) is -0.378. The molecular formula is C34H44N4O2S. The van der Waals surface area contributed by atoms with Gasteiger partial charge in [0, 0.05) is 23.5 Å². The van der Waals surface area contributed by atoms with Crippen molar-refractivity contribution in [3.8, 4) is 0 Å². The number of para-hydroxylation sites is 2. The Hall–Kier alpha value is -3.71. The third kappa shape index (κ3) is 12.6. The molecule has 2 amide bonds. The average Bonchev–Trinajstić information content (AvgIpc) is 2.97. The maximum Gasteiger partial charge on any atom is 0.257 e. The van der Waals surface area contributed by atoms with Gasteiger partial charge < -0.3 is 21.3 Å². The number of carbonyl (C=O) groups is 2. The van der Waals surface area contributed by atoms with Crippen LogP contribution in [-0.2, 0) is 4.79 Å². The molecule has 3 aromatic rings. The third-order valence-corrected chi connectivity index (χ3v) is 7.09. The summed E-state index contributed by atoms with van der Waals surface area (Å²) in [6.07, 6.45) is 14.1. The number of benzene rings is 3. The summed E-state index contributed by atoms with van der Waals surface area (Å²) in [5, 5.41) is 12.2. The van der Waals surface area contributed by atoms with Crippen LogP contribution >= 0.6 is 12.2 Å². The first-order valence-electron chi connectivity index (χ1n) is 15.0. The van der Waals surface area contributed by atoms with Crippen LogP contribution in [0.15, 0.2) is 78.9 Å². The van der Waals surface area contributed by atoms with E-state index in [1.165, 1.54) is 57.8 Å². The van der Waals surface area contributed by atoms with Crippen LogP contribution in [0.25, 0.3) is 0 Å². The van der Waals surface area contributed by atoms with Gasteiger partial charge in [0.1, 0.15) is 0 Å². The summed E-state index contributed by atoms with van der Waals surface area (Å²) in [6.45, 7) is 2.25. The van der Waals surface area contributed by atoms with E-state index in [-0.39, 0.29) is 16.9 Å². The summed E-state index contributed by atoms with van der Waals surface area (Å²) < 4.78 is 0. The topological polar surface area (TPSA) is 82.3 Å². The van der Waals surface area contributed by atoms with Gasteiger partial charge in [-0.2, -0.15) is 0 Å². The number of anilines is 4. The van der Waals surface area contributed by atoms with Crippen LogP contribution in [-0.4, -0.2) is 16.9 Å². The lowest BCUT2D eigenvalue weighted by Gasteiger charge is -2.14. The van der Waals surface area contributed by atoms with Crippen molar-refractivity contribution in [2.24, 2.45) is 0 Å². The van der Waals surface area contributed by atoms with Gasteiger partial charge in [-0.3, -0.25) is 9.59 Å². The Kier molecular flexibility index (Phi) is 14.4. The van der Waals surface area contributed by atoms with Crippen molar-refractivity contribution in [2.75, 3.05) is 16.0 Å². The molecule has 0 aliphatic heterocycles. The molecule has 0 aromatic heterocycles. The molecule has 0 spiro atoms. The van der Waals surface area contributed by atoms with Crippen LogP contribution in [0, 0.1) is 0 Å². The number of carbonyl (C=O) groups excluding carboxylic acids is 2. The minimum atomic E-state index is -0.271. The summed E-state index contributed by atoms with van der Waals surface area (Å²) in [4.78, 5) is 25.4. The molecule has 4 N–H and O–H groups in total. The quantitative estimate of drug-likeness (QED) is 0.0957. The minimum absolute atomic E-state index is 0.107. The zero-order chi connectivity index (χ0) is 29.1. The second-order valence-electron chi connectivity index (χ2n) is 10.4. The van der Waals surface area contributed by atoms with Gasteiger partial charge in [0.15, 0.2) is 5.11 Å². The molecule has 6 nitrogen and oxygen atoms in total. The Bertz CT molecular complexity index is 1210. The summed E-state index contributed by atoms with van der Waals surface area (Å²) in [5.41, 5.74) is 3.55. The van der Waals surface area contributed by atoms with E-state index in [9.17, 15) is 9.59 Å². The molecule has 3 rings (SSSR count). The fraction of sp³-hybridized carbons (Fsp3) is 0.382. The van der Waals surface area contributed by atoms with Gasteiger partial charge in [-0.15, -0.1) is 0 Å². The molecule has 7 heteroatoms. The van der Waals surface area contributed by atoms with E-state index in [4.69, 9.17) is 12.2 Å². The molecule has 3 aromatic carbocycles. The number of amides is 2. The molecule has 0 fully saturated rings. The van der Waals surface area contributed by atoms with Crippen molar-refractivity contribution in [3.63, 3.8) is 0 Å². The van der Waals surface area contributed by atoms with Gasteiger partial charge in [0.25, 0.3) is 5.91 Å². The molecule has 0 aliphatic rings. The number of hydrogen-bond acceptors (Lipinski definition) is 4. The smallest absolute Gasteiger partial charge is 0.257 e. The lowest BCUT2D eigenvalue weighted by atomic mass is 10.1. The van der Waals surface area contributed by atoms with Gasteiger partial charge in [0.2, 0.25) is 5.91 Å². The maximum atomic E-state index is 13.0. The zero-order valence-corrected chi connectivity index (χ0v) is 25.0. The highest BCUT2D eigenvalue weighted by Gasteiger charge is 2.13. The SMILES string of the molecule is CCCCCCCCCCCCCC(=O)NC(=S)Nc1ccccc1C(=O)Nc1ccc(Nc2ccccc2)cc1. The van der Waals surface area contributed by atoms with E-state index in [1.807, 2.05) is 60.7 Å². The van der Waals surface area contributed by atoms with E-state index in [1.54, 1.807) is 18.2 Å². The Labute approximate surface area is 250 Å². The molecule has 0 unspecified atom stereocenters. The number of hydrogen-bond donors (Lipinski definition) is 4. The van der Waals surface area contributed by atoms with Crippen LogP contribution in [0.4, 0.5) is 22.7 Å². The molecule has 218 valence electrons. The molecule has 0 saturated carbocycles. The Morgan fingerprint density at radius 1 is 0.610 bits per heavy atom. The van der Waals surface area contributed by atoms with Crippen LogP contribution in [0.3, 0.4) is 0 Å². The molecule has 0 atom stereocenters. The molecule has 0 heterocycles. The lowest BCUT2D eigenvalue weighted by Crippen LogP contribution is -2.34. The number of rotatable bonds is 17.